The normalized spacial score (nSPS) is 26.9. The Kier molecular flexibility index (Phi) is 4.65. The van der Waals surface area contributed by atoms with Gasteiger partial charge in [-0.3, -0.25) is 14.2 Å². The van der Waals surface area contributed by atoms with E-state index in [0.29, 0.717) is 16.7 Å². The van der Waals surface area contributed by atoms with Crippen molar-refractivity contribution in [1.82, 2.24) is 19.5 Å². The van der Waals surface area contributed by atoms with Crippen molar-refractivity contribution in [3.63, 3.8) is 0 Å². The van der Waals surface area contributed by atoms with Gasteiger partial charge in [0.2, 0.25) is 0 Å². The molecule has 0 spiro atoms. The Morgan fingerprint density at radius 2 is 2.03 bits per heavy atom. The topological polar surface area (TPSA) is 149 Å². The first-order valence-corrected chi connectivity index (χ1v) is 9.68. The molecule has 3 aromatic rings. The van der Waals surface area contributed by atoms with Gasteiger partial charge in [0.05, 0.1) is 26.0 Å². The highest BCUT2D eigenvalue weighted by Gasteiger charge is 2.62. The fraction of sp³-hybridized carbons (Fsp3) is 0.350. The second-order valence-electron chi connectivity index (χ2n) is 7.58. The molecule has 31 heavy (non-hydrogen) atoms. The summed E-state index contributed by atoms with van der Waals surface area (Å²) in [6.45, 7) is -0.249. The van der Waals surface area contributed by atoms with Crippen LogP contribution in [0.5, 0.6) is 0 Å². The van der Waals surface area contributed by atoms with E-state index in [0.717, 1.165) is 0 Å². The highest BCUT2D eigenvalue weighted by atomic mass is 16.6. The number of aliphatic carboxylic acids is 1. The van der Waals surface area contributed by atoms with E-state index in [9.17, 15) is 19.8 Å². The van der Waals surface area contributed by atoms with Gasteiger partial charge in [-0.15, -0.1) is 0 Å². The fourth-order valence-corrected chi connectivity index (χ4v) is 4.27. The van der Waals surface area contributed by atoms with Gasteiger partial charge in [-0.2, -0.15) is 0 Å². The first-order chi connectivity index (χ1) is 15.0. The lowest BCUT2D eigenvalue weighted by molar-refractivity contribution is -0.184. The van der Waals surface area contributed by atoms with Gasteiger partial charge in [-0.25, -0.2) is 15.0 Å². The first-order valence-electron chi connectivity index (χ1n) is 9.68. The standard InChI is InChI=1S/C20H19N5O6/c26-7-20-8-30-15(12(20)6-13(27)28)19(31-20)25-10-23-14-16(21-9-22-17(14)25)24-18(29)11-4-2-1-3-5-11/h1-5,9-10,12,15,19,26H,6-8H2,(H,27,28)(H,21,22,24,29)/t12?,15-,19+,20-/m0/s1. The number of hydrogen-bond donors (Lipinski definition) is 3. The van der Waals surface area contributed by atoms with Gasteiger partial charge in [0.1, 0.15) is 18.0 Å². The Balaban J connectivity index is 1.47. The average molecular weight is 425 g/mol. The van der Waals surface area contributed by atoms with E-state index in [2.05, 4.69) is 20.3 Å². The van der Waals surface area contributed by atoms with E-state index in [-0.39, 0.29) is 31.4 Å². The largest absolute Gasteiger partial charge is 0.481 e. The minimum Gasteiger partial charge on any atom is -0.481 e. The summed E-state index contributed by atoms with van der Waals surface area (Å²) in [7, 11) is 0. The predicted octanol–water partition coefficient (Wildman–Crippen LogP) is 0.828. The summed E-state index contributed by atoms with van der Waals surface area (Å²) in [5.74, 6) is -1.61. The van der Waals surface area contributed by atoms with E-state index < -0.39 is 29.8 Å². The van der Waals surface area contributed by atoms with E-state index in [1.807, 2.05) is 6.07 Å². The number of carboxylic acids is 1. The van der Waals surface area contributed by atoms with Crippen molar-refractivity contribution in [3.05, 3.63) is 48.5 Å². The number of hydrogen-bond acceptors (Lipinski definition) is 8. The highest BCUT2D eigenvalue weighted by Crippen LogP contribution is 2.50. The van der Waals surface area contributed by atoms with Gasteiger partial charge in [-0.05, 0) is 12.1 Å². The molecule has 1 amide bonds. The molecule has 4 heterocycles. The van der Waals surface area contributed by atoms with E-state index in [1.165, 1.54) is 12.7 Å². The maximum Gasteiger partial charge on any atom is 0.303 e. The number of aromatic nitrogens is 4. The van der Waals surface area contributed by atoms with Crippen molar-refractivity contribution < 1.29 is 29.3 Å². The lowest BCUT2D eigenvalue weighted by Gasteiger charge is -2.30. The van der Waals surface area contributed by atoms with E-state index in [1.54, 1.807) is 28.8 Å². The number of carbonyl (C=O) groups excluding carboxylic acids is 1. The van der Waals surface area contributed by atoms with Crippen LogP contribution in [0.15, 0.2) is 43.0 Å². The number of nitrogens with zero attached hydrogens (tertiary/aromatic N) is 4. The quantitative estimate of drug-likeness (QED) is 0.522. The number of nitrogens with one attached hydrogen (secondary N) is 1. The van der Waals surface area contributed by atoms with Crippen molar-refractivity contribution >= 4 is 28.9 Å². The van der Waals surface area contributed by atoms with Crippen LogP contribution in [0.1, 0.15) is 23.0 Å². The van der Waals surface area contributed by atoms with Crippen LogP contribution < -0.4 is 5.32 Å². The van der Waals surface area contributed by atoms with Crippen LogP contribution >= 0.6 is 0 Å². The summed E-state index contributed by atoms with van der Waals surface area (Å²) in [4.78, 5) is 36.6. The number of rotatable bonds is 6. The molecule has 2 aliphatic rings. The van der Waals surface area contributed by atoms with Gasteiger partial charge in [0, 0.05) is 11.5 Å². The van der Waals surface area contributed by atoms with Crippen molar-refractivity contribution in [3.8, 4) is 0 Å². The van der Waals surface area contributed by atoms with Gasteiger partial charge >= 0.3 is 5.97 Å². The van der Waals surface area contributed by atoms with E-state index >= 15 is 0 Å². The Hall–Kier alpha value is -3.41. The third-order valence-corrected chi connectivity index (χ3v) is 5.79. The van der Waals surface area contributed by atoms with Crippen LogP contribution in [0.25, 0.3) is 11.2 Å². The summed E-state index contributed by atoms with van der Waals surface area (Å²) >= 11 is 0. The lowest BCUT2D eigenvalue weighted by atomic mass is 9.86. The molecule has 2 saturated heterocycles. The monoisotopic (exact) mass is 425 g/mol. The zero-order valence-electron chi connectivity index (χ0n) is 16.2. The first kappa shape index (κ1) is 19.5. The Bertz CT molecular complexity index is 1150. The fourth-order valence-electron chi connectivity index (χ4n) is 4.27. The molecule has 2 bridgehead atoms. The van der Waals surface area contributed by atoms with Crippen LogP contribution in [0, 0.1) is 5.92 Å². The second kappa shape index (κ2) is 7.38. The molecule has 160 valence electrons. The minimum atomic E-state index is -1.10. The van der Waals surface area contributed by atoms with Crippen LogP contribution in [0.4, 0.5) is 5.82 Å². The zero-order valence-corrected chi connectivity index (χ0v) is 16.2. The number of carbonyl (C=O) groups is 2. The van der Waals surface area contributed by atoms with Gasteiger partial charge in [-0.1, -0.05) is 18.2 Å². The maximum atomic E-state index is 12.5. The lowest BCUT2D eigenvalue weighted by Crippen LogP contribution is -2.42. The summed E-state index contributed by atoms with van der Waals surface area (Å²) in [6, 6.07) is 8.70. The number of benzene rings is 1. The highest BCUT2D eigenvalue weighted by molar-refractivity contribution is 6.06. The zero-order chi connectivity index (χ0) is 21.6. The van der Waals surface area contributed by atoms with Crippen LogP contribution in [-0.2, 0) is 14.3 Å². The molecule has 0 aliphatic carbocycles. The minimum absolute atomic E-state index is 0.114. The summed E-state index contributed by atoms with van der Waals surface area (Å²) in [5.41, 5.74) is 0.120. The Morgan fingerprint density at radius 3 is 2.77 bits per heavy atom. The summed E-state index contributed by atoms with van der Waals surface area (Å²) < 4.78 is 13.5. The molecule has 2 aliphatic heterocycles. The molecular weight excluding hydrogens is 406 g/mol. The molecule has 3 N–H and O–H groups in total. The van der Waals surface area contributed by atoms with Gasteiger partial charge < -0.3 is 25.0 Å². The molecule has 4 atom stereocenters. The number of ether oxygens (including phenoxy) is 2. The molecule has 2 fully saturated rings. The van der Waals surface area contributed by atoms with Crippen LogP contribution in [0.2, 0.25) is 0 Å². The Morgan fingerprint density at radius 1 is 1.23 bits per heavy atom. The molecule has 0 radical (unpaired) electrons. The van der Waals surface area contributed by atoms with Crippen molar-refractivity contribution in [2.45, 2.75) is 24.4 Å². The number of fused-ring (bicyclic) bond motifs is 3. The van der Waals surface area contributed by atoms with E-state index in [4.69, 9.17) is 9.47 Å². The maximum absolute atomic E-state index is 12.5. The van der Waals surface area contributed by atoms with Gasteiger partial charge in [0.25, 0.3) is 5.91 Å². The summed E-state index contributed by atoms with van der Waals surface area (Å²) in [6.07, 6.45) is 1.28. The molecule has 11 nitrogen and oxygen atoms in total. The van der Waals surface area contributed by atoms with Crippen molar-refractivity contribution in [2.24, 2.45) is 5.92 Å². The molecule has 5 rings (SSSR count). The molecule has 1 unspecified atom stereocenters. The molecule has 1 aromatic carbocycles. The number of amides is 1. The summed E-state index contributed by atoms with van der Waals surface area (Å²) in [5, 5.41) is 21.9. The average Bonchev–Trinajstić information content (AvgIpc) is 3.44. The molecule has 2 aromatic heterocycles. The van der Waals surface area contributed by atoms with Crippen LogP contribution in [-0.4, -0.2) is 66.5 Å². The van der Waals surface area contributed by atoms with Crippen molar-refractivity contribution in [2.75, 3.05) is 18.5 Å². The smallest absolute Gasteiger partial charge is 0.303 e. The molecule has 11 heteroatoms. The number of aliphatic hydroxyl groups is 1. The number of aliphatic hydroxyl groups excluding tert-OH is 1. The van der Waals surface area contributed by atoms with Gasteiger partial charge in [0.15, 0.2) is 23.2 Å². The second-order valence-corrected chi connectivity index (χ2v) is 7.58. The third kappa shape index (κ3) is 3.14. The number of carboxylic acid groups (broad SMARTS) is 1. The molecule has 0 saturated carbocycles. The number of anilines is 1. The third-order valence-electron chi connectivity index (χ3n) is 5.79. The van der Waals surface area contributed by atoms with Crippen LogP contribution in [0.3, 0.4) is 0 Å². The SMILES string of the molecule is O=C(O)CC1[C@@H]2OC[C@]1(CO)O[C@H]2n1cnc2c(NC(=O)c3ccccc3)ncnc21. The predicted molar refractivity (Wildman–Crippen MR) is 105 cm³/mol. The van der Waals surface area contributed by atoms with Crippen molar-refractivity contribution in [1.29, 1.82) is 0 Å². The number of imidazole rings is 1. The molecular formula is C20H19N5O6. The Labute approximate surface area is 175 Å².